The topological polar surface area (TPSA) is 237 Å². The van der Waals surface area contributed by atoms with Gasteiger partial charge in [0.2, 0.25) is 0 Å². The normalized spacial score (nSPS) is 9.42. The molecule has 0 aliphatic heterocycles. The second-order valence-corrected chi connectivity index (χ2v) is 16.1. The average Bonchev–Trinajstić information content (AvgIpc) is 3.46. The number of hydrogen-bond donors (Lipinski definition) is 0. The summed E-state index contributed by atoms with van der Waals surface area (Å²) in [6.45, 7) is 11.1. The quantitative estimate of drug-likeness (QED) is 0.0966. The Hall–Kier alpha value is -9.45. The van der Waals surface area contributed by atoms with E-state index in [1.54, 1.807) is 86.6 Å². The van der Waals surface area contributed by atoms with E-state index in [4.69, 9.17) is 0 Å². The molecule has 0 saturated heterocycles. The Morgan fingerprint density at radius 2 is 0.577 bits per heavy atom. The molecule has 6 aromatic rings. The largest absolute Gasteiger partial charge is 0.465 e. The molecule has 0 amide bonds. The summed E-state index contributed by atoms with van der Waals surface area (Å²) < 4.78 is 41.1. The van der Waals surface area contributed by atoms with Gasteiger partial charge in [-0.15, -0.1) is 0 Å². The molecule has 0 spiro atoms. The van der Waals surface area contributed by atoms with Crippen molar-refractivity contribution in [3.05, 3.63) is 211 Å². The Kier molecular flexibility index (Phi) is 29.8. The number of carbonyl (C=O) groups excluding carboxylic acids is 9. The van der Waals surface area contributed by atoms with E-state index < -0.39 is 35.8 Å². The number of ether oxygens (including phenoxy) is 9. The van der Waals surface area contributed by atoms with Crippen LogP contribution in [0.5, 0.6) is 0 Å². The van der Waals surface area contributed by atoms with E-state index in [1.165, 1.54) is 76.1 Å². The van der Waals surface area contributed by atoms with Gasteiger partial charge in [-0.1, -0.05) is 65.2 Å². The van der Waals surface area contributed by atoms with E-state index >= 15 is 0 Å². The van der Waals surface area contributed by atoms with Gasteiger partial charge in [-0.25, -0.2) is 43.2 Å². The molecule has 18 heteroatoms. The van der Waals surface area contributed by atoms with Crippen LogP contribution < -0.4 is 0 Å². The van der Waals surface area contributed by atoms with E-state index in [-0.39, 0.29) is 29.0 Å². The van der Waals surface area contributed by atoms with Crippen molar-refractivity contribution in [1.29, 1.82) is 0 Å². The lowest BCUT2D eigenvalue weighted by Gasteiger charge is -2.06. The number of carbonyl (C=O) groups is 9. The van der Waals surface area contributed by atoms with Gasteiger partial charge in [-0.2, -0.15) is 0 Å². The fraction of sp³-hybridized carbons (Fsp3) is 0.250. The van der Waals surface area contributed by atoms with E-state index in [0.29, 0.717) is 44.5 Å². The Bertz CT molecular complexity index is 2970. The third kappa shape index (κ3) is 22.2. The summed E-state index contributed by atoms with van der Waals surface area (Å²) in [6, 6.07) is 36.2. The fourth-order valence-corrected chi connectivity index (χ4v) is 6.34. The van der Waals surface area contributed by atoms with Gasteiger partial charge in [-0.05, 0) is 137 Å². The summed E-state index contributed by atoms with van der Waals surface area (Å²) in [5.41, 5.74) is 9.35. The summed E-state index contributed by atoms with van der Waals surface area (Å²) in [6.07, 6.45) is 0. The molecule has 0 N–H and O–H groups in total. The molecule has 0 bridgehead atoms. The van der Waals surface area contributed by atoms with Crippen molar-refractivity contribution < 1.29 is 85.8 Å². The molecule has 414 valence electrons. The molecule has 78 heavy (non-hydrogen) atoms. The zero-order valence-electron chi connectivity index (χ0n) is 46.5. The third-order valence-electron chi connectivity index (χ3n) is 10.4. The maximum absolute atomic E-state index is 11.4. The third-order valence-corrected chi connectivity index (χ3v) is 10.4. The van der Waals surface area contributed by atoms with E-state index in [1.807, 2.05) is 70.2 Å². The highest BCUT2D eigenvalue weighted by atomic mass is 16.6. The van der Waals surface area contributed by atoms with Gasteiger partial charge < -0.3 is 42.6 Å². The molecule has 0 unspecified atom stereocenters. The van der Waals surface area contributed by atoms with Gasteiger partial charge in [0.25, 0.3) is 0 Å². The molecule has 6 rings (SSSR count). The Morgan fingerprint density at radius 1 is 0.231 bits per heavy atom. The maximum Gasteiger partial charge on any atom is 0.338 e. The summed E-state index contributed by atoms with van der Waals surface area (Å²) in [4.78, 5) is 101. The minimum atomic E-state index is -0.546. The first-order valence-corrected chi connectivity index (χ1v) is 23.3. The van der Waals surface area contributed by atoms with Crippen molar-refractivity contribution in [1.82, 2.24) is 0 Å². The zero-order chi connectivity index (χ0) is 59.1. The van der Waals surface area contributed by atoms with Crippen LogP contribution in [-0.2, 0) is 42.6 Å². The standard InChI is InChI=1S/3C11H12O4.3C9H10O2/c1-7-4-8(10(12)14-2)6-9(5-7)11(13)15-3;1-7-6-8(10(12)14-2)4-5-9(7)11(13)15-3;1-7-4-5-8(10(12)14-2)9(6-7)11(13)15-3;1-7-3-5-8(6-4-7)9(10)11-2;1-7-4-3-5-8(6-7)9(10)11-2;1-7-5-3-4-6-8(7)9(10)11-2/h3*4-6H,1-3H3;3*3-6H,1-2H3. The van der Waals surface area contributed by atoms with Crippen LogP contribution in [0.1, 0.15) is 127 Å². The lowest BCUT2D eigenvalue weighted by Crippen LogP contribution is -2.11. The predicted octanol–water partition coefficient (Wildman–Crippen LogP) is 10.0. The number of rotatable bonds is 9. The summed E-state index contributed by atoms with van der Waals surface area (Å²) >= 11 is 0. The van der Waals surface area contributed by atoms with E-state index in [0.717, 1.165) is 27.8 Å². The minimum absolute atomic E-state index is 0.218. The highest BCUT2D eigenvalue weighted by molar-refractivity contribution is 6.03. The van der Waals surface area contributed by atoms with Gasteiger partial charge in [0.1, 0.15) is 0 Å². The van der Waals surface area contributed by atoms with Crippen molar-refractivity contribution in [2.24, 2.45) is 0 Å². The molecule has 0 saturated carbocycles. The van der Waals surface area contributed by atoms with Gasteiger partial charge in [0.05, 0.1) is 114 Å². The molecular formula is C60H66O18. The number of esters is 9. The Labute approximate surface area is 454 Å². The van der Waals surface area contributed by atoms with Crippen molar-refractivity contribution in [2.45, 2.75) is 41.5 Å². The van der Waals surface area contributed by atoms with Crippen molar-refractivity contribution >= 4 is 53.7 Å². The summed E-state index contributed by atoms with van der Waals surface area (Å²) in [5, 5.41) is 0. The van der Waals surface area contributed by atoms with Crippen LogP contribution in [0.2, 0.25) is 0 Å². The molecule has 0 fully saturated rings. The van der Waals surface area contributed by atoms with Crippen LogP contribution in [0, 0.1) is 41.5 Å². The van der Waals surface area contributed by atoms with Crippen molar-refractivity contribution in [2.75, 3.05) is 64.0 Å². The minimum Gasteiger partial charge on any atom is -0.465 e. The molecule has 6 aromatic carbocycles. The molecule has 0 aliphatic rings. The lowest BCUT2D eigenvalue weighted by molar-refractivity contribution is 0.0555. The Morgan fingerprint density at radius 3 is 1.03 bits per heavy atom. The first-order chi connectivity index (χ1) is 37.0. The van der Waals surface area contributed by atoms with Gasteiger partial charge >= 0.3 is 53.7 Å². The van der Waals surface area contributed by atoms with Gasteiger partial charge in [-0.3, -0.25) is 0 Å². The summed E-state index contributed by atoms with van der Waals surface area (Å²) in [5.74, 6) is -3.71. The molecule has 0 aliphatic carbocycles. The predicted molar refractivity (Wildman–Crippen MR) is 289 cm³/mol. The second-order valence-electron chi connectivity index (χ2n) is 16.1. The molecule has 0 atom stereocenters. The highest BCUT2D eigenvalue weighted by Gasteiger charge is 2.18. The number of hydrogen-bond acceptors (Lipinski definition) is 18. The van der Waals surface area contributed by atoms with Crippen LogP contribution >= 0.6 is 0 Å². The number of methoxy groups -OCH3 is 9. The van der Waals surface area contributed by atoms with Crippen LogP contribution in [0.3, 0.4) is 0 Å². The first kappa shape index (κ1) is 66.6. The molecule has 0 radical (unpaired) electrons. The van der Waals surface area contributed by atoms with Gasteiger partial charge in [0, 0.05) is 0 Å². The molecule has 0 aromatic heterocycles. The van der Waals surface area contributed by atoms with E-state index in [2.05, 4.69) is 42.6 Å². The summed E-state index contributed by atoms with van der Waals surface area (Å²) in [7, 11) is 11.9. The van der Waals surface area contributed by atoms with Crippen LogP contribution in [-0.4, -0.2) is 118 Å². The monoisotopic (exact) mass is 1070 g/mol. The zero-order valence-corrected chi connectivity index (χ0v) is 46.5. The SMILES string of the molecule is COC(=O)c1cc(C)cc(C(=O)OC)c1.COC(=O)c1ccc(C(=O)OC)c(C)c1.COC(=O)c1ccc(C)cc1.COC(=O)c1ccc(C)cc1C(=O)OC.COC(=O)c1cccc(C)c1.COC(=O)c1ccccc1C. The smallest absolute Gasteiger partial charge is 0.338 e. The first-order valence-electron chi connectivity index (χ1n) is 23.3. The maximum atomic E-state index is 11.4. The van der Waals surface area contributed by atoms with Crippen molar-refractivity contribution in [3.8, 4) is 0 Å². The van der Waals surface area contributed by atoms with Crippen LogP contribution in [0.25, 0.3) is 0 Å². The Balaban J connectivity index is 0.000000471. The molecule has 0 heterocycles. The highest BCUT2D eigenvalue weighted by Crippen LogP contribution is 2.16. The second kappa shape index (κ2) is 34.9. The van der Waals surface area contributed by atoms with E-state index in [9.17, 15) is 43.2 Å². The van der Waals surface area contributed by atoms with Crippen LogP contribution in [0.15, 0.2) is 127 Å². The lowest BCUT2D eigenvalue weighted by atomic mass is 10.0. The molecule has 18 nitrogen and oxygen atoms in total. The van der Waals surface area contributed by atoms with Crippen molar-refractivity contribution in [3.63, 3.8) is 0 Å². The van der Waals surface area contributed by atoms with Crippen LogP contribution in [0.4, 0.5) is 0 Å². The number of benzene rings is 6. The average molecular weight is 1080 g/mol. The van der Waals surface area contributed by atoms with Gasteiger partial charge in [0.15, 0.2) is 0 Å². The fourth-order valence-electron chi connectivity index (χ4n) is 6.34. The molecular weight excluding hydrogens is 1010 g/mol. The number of aryl methyl sites for hydroxylation is 6.